The van der Waals surface area contributed by atoms with Crippen LogP contribution in [0.1, 0.15) is 47.2 Å². The summed E-state index contributed by atoms with van der Waals surface area (Å²) < 4.78 is 15.9. The van der Waals surface area contributed by atoms with Crippen molar-refractivity contribution >= 4 is 57.7 Å². The molecular weight excluding hydrogens is 550 g/mol. The van der Waals surface area contributed by atoms with Gasteiger partial charge in [0.05, 0.1) is 6.61 Å². The van der Waals surface area contributed by atoms with Gasteiger partial charge in [-0.1, -0.05) is 5.16 Å². The molecular formula is C24H33N5O8S2. The number of thiazole rings is 1. The van der Waals surface area contributed by atoms with Gasteiger partial charge in [0.2, 0.25) is 6.61 Å². The highest BCUT2D eigenvalue weighted by molar-refractivity contribution is 8.00. The minimum absolute atomic E-state index is 0.107. The van der Waals surface area contributed by atoms with E-state index >= 15 is 0 Å². The maximum atomic E-state index is 13.2. The molecule has 0 bridgehead atoms. The molecule has 0 aromatic carbocycles. The van der Waals surface area contributed by atoms with Gasteiger partial charge in [-0.05, 0) is 47.1 Å². The fourth-order valence-corrected chi connectivity index (χ4v) is 5.49. The standard InChI is InChI=1S/C24H33N5O8S2/c1-23(2,3)36-14(30)9-35-28-15(13-11-39-22(25)26-13)18(31)27-16-19(32)29-17(21(33)37-24(4,5)6)12(8-34-7)10-38-20(16)29/h11,16,20H,8-10H2,1-7H3,(H2,25,26)(H,27,31)/b28-15+/t16?,20-/m1/s1. The smallest absolute Gasteiger partial charge is 0.355 e. The van der Waals surface area contributed by atoms with Crippen molar-refractivity contribution in [1.29, 1.82) is 0 Å². The zero-order valence-corrected chi connectivity index (χ0v) is 24.5. The molecule has 13 nitrogen and oxygen atoms in total. The van der Waals surface area contributed by atoms with Gasteiger partial charge in [0.25, 0.3) is 11.8 Å². The van der Waals surface area contributed by atoms with Gasteiger partial charge in [-0.25, -0.2) is 14.6 Å². The number of carbonyl (C=O) groups is 4. The third-order valence-electron chi connectivity index (χ3n) is 4.98. The maximum absolute atomic E-state index is 13.2. The van der Waals surface area contributed by atoms with Crippen molar-refractivity contribution in [2.45, 2.75) is 64.2 Å². The molecule has 1 fully saturated rings. The van der Waals surface area contributed by atoms with Crippen LogP contribution in [0.4, 0.5) is 5.13 Å². The fourth-order valence-electron chi connectivity index (χ4n) is 3.61. The largest absolute Gasteiger partial charge is 0.457 e. The van der Waals surface area contributed by atoms with Crippen molar-refractivity contribution < 1.29 is 38.2 Å². The number of esters is 2. The molecule has 1 aromatic heterocycles. The molecule has 0 aliphatic carbocycles. The summed E-state index contributed by atoms with van der Waals surface area (Å²) in [6.45, 7) is 9.90. The minimum atomic E-state index is -0.962. The number of nitrogen functional groups attached to an aromatic ring is 1. The van der Waals surface area contributed by atoms with Crippen LogP contribution in [0.3, 0.4) is 0 Å². The van der Waals surface area contributed by atoms with E-state index in [4.69, 9.17) is 24.8 Å². The van der Waals surface area contributed by atoms with E-state index < -0.39 is 53.0 Å². The van der Waals surface area contributed by atoms with Gasteiger partial charge in [0, 0.05) is 18.2 Å². The van der Waals surface area contributed by atoms with E-state index in [0.29, 0.717) is 11.3 Å². The highest BCUT2D eigenvalue weighted by Gasteiger charge is 2.55. The zero-order valence-electron chi connectivity index (χ0n) is 22.9. The Balaban J connectivity index is 1.78. The van der Waals surface area contributed by atoms with Crippen molar-refractivity contribution in [3.63, 3.8) is 0 Å². The van der Waals surface area contributed by atoms with E-state index in [1.54, 1.807) is 41.5 Å². The summed E-state index contributed by atoms with van der Waals surface area (Å²) in [5, 5.41) is 7.56. The van der Waals surface area contributed by atoms with Crippen LogP contribution in [0.25, 0.3) is 0 Å². The molecule has 2 aliphatic heterocycles. The van der Waals surface area contributed by atoms with Gasteiger partial charge in [-0.15, -0.1) is 23.1 Å². The molecule has 1 unspecified atom stereocenters. The lowest BCUT2D eigenvalue weighted by molar-refractivity contribution is -0.160. The molecule has 2 amide bonds. The van der Waals surface area contributed by atoms with Crippen molar-refractivity contribution in [2.75, 3.05) is 31.8 Å². The molecule has 214 valence electrons. The van der Waals surface area contributed by atoms with Crippen LogP contribution in [-0.2, 0) is 38.2 Å². The quantitative estimate of drug-likeness (QED) is 0.186. The summed E-state index contributed by atoms with van der Waals surface area (Å²) in [5.74, 6) is -2.20. The molecule has 3 heterocycles. The number of aromatic nitrogens is 1. The SMILES string of the molecule is COCC1=C(C(=O)OC(C)(C)C)N2C(=O)C(NC(=O)/C(=N/OCC(=O)OC(C)(C)C)c3csc(N)n3)[C@H]2SC1. The Morgan fingerprint density at radius 2 is 1.85 bits per heavy atom. The van der Waals surface area contributed by atoms with Crippen LogP contribution >= 0.6 is 23.1 Å². The van der Waals surface area contributed by atoms with Crippen LogP contribution in [-0.4, -0.2) is 88.0 Å². The Labute approximate surface area is 234 Å². The third-order valence-corrected chi connectivity index (χ3v) is 7.00. The number of fused-ring (bicyclic) bond motifs is 1. The molecule has 1 saturated heterocycles. The monoisotopic (exact) mass is 583 g/mol. The van der Waals surface area contributed by atoms with Gasteiger partial charge in [-0.3, -0.25) is 14.5 Å². The first-order valence-electron chi connectivity index (χ1n) is 11.9. The lowest BCUT2D eigenvalue weighted by Gasteiger charge is -2.49. The Morgan fingerprint density at radius 3 is 2.41 bits per heavy atom. The third kappa shape index (κ3) is 7.70. The normalized spacial score (nSPS) is 19.7. The number of anilines is 1. The number of nitrogens with one attached hydrogen (secondary N) is 1. The Bertz CT molecular complexity index is 1200. The molecule has 0 radical (unpaired) electrons. The van der Waals surface area contributed by atoms with Gasteiger partial charge >= 0.3 is 11.9 Å². The van der Waals surface area contributed by atoms with Crippen LogP contribution in [0, 0.1) is 0 Å². The van der Waals surface area contributed by atoms with E-state index in [1.807, 2.05) is 0 Å². The average molecular weight is 584 g/mol. The number of hydrogen-bond donors (Lipinski definition) is 2. The fraction of sp³-hybridized carbons (Fsp3) is 0.583. The van der Waals surface area contributed by atoms with Crippen LogP contribution in [0.2, 0.25) is 0 Å². The zero-order chi connectivity index (χ0) is 29.1. The molecule has 0 saturated carbocycles. The molecule has 15 heteroatoms. The molecule has 0 spiro atoms. The first kappa shape index (κ1) is 30.4. The van der Waals surface area contributed by atoms with Gasteiger partial charge in [0.1, 0.15) is 34.0 Å². The van der Waals surface area contributed by atoms with Crippen molar-refractivity contribution in [3.05, 3.63) is 22.3 Å². The van der Waals surface area contributed by atoms with E-state index in [0.717, 1.165) is 11.3 Å². The highest BCUT2D eigenvalue weighted by atomic mass is 32.2. The number of methoxy groups -OCH3 is 1. The number of ether oxygens (including phenoxy) is 3. The van der Waals surface area contributed by atoms with Crippen molar-refractivity contribution in [1.82, 2.24) is 15.2 Å². The Morgan fingerprint density at radius 1 is 1.18 bits per heavy atom. The number of nitrogens with two attached hydrogens (primary N) is 1. The minimum Gasteiger partial charge on any atom is -0.457 e. The number of amides is 2. The summed E-state index contributed by atoms with van der Waals surface area (Å²) >= 11 is 2.45. The molecule has 3 rings (SSSR count). The van der Waals surface area contributed by atoms with Crippen molar-refractivity contribution in [2.24, 2.45) is 5.16 Å². The van der Waals surface area contributed by atoms with E-state index in [-0.39, 0.29) is 28.8 Å². The van der Waals surface area contributed by atoms with E-state index in [9.17, 15) is 19.2 Å². The number of oxime groups is 1. The second kappa shape index (κ2) is 11.9. The summed E-state index contributed by atoms with van der Waals surface area (Å²) in [5.41, 5.74) is 4.78. The Kier molecular flexibility index (Phi) is 9.28. The van der Waals surface area contributed by atoms with Crippen molar-refractivity contribution in [3.8, 4) is 0 Å². The summed E-state index contributed by atoms with van der Waals surface area (Å²) in [6, 6.07) is -0.962. The number of rotatable bonds is 9. The predicted octanol–water partition coefficient (Wildman–Crippen LogP) is 1.43. The second-order valence-corrected chi connectivity index (χ2v) is 12.6. The number of thioether (sulfide) groups is 1. The number of nitrogens with zero attached hydrogens (tertiary/aromatic N) is 3. The molecule has 39 heavy (non-hydrogen) atoms. The number of β-lactam (4-membered cyclic amide) rings is 1. The van der Waals surface area contributed by atoms with Crippen LogP contribution in [0.15, 0.2) is 21.8 Å². The number of carbonyl (C=O) groups excluding carboxylic acids is 4. The van der Waals surface area contributed by atoms with Crippen LogP contribution < -0.4 is 11.1 Å². The molecule has 3 N–H and O–H groups in total. The summed E-state index contributed by atoms with van der Waals surface area (Å²) in [4.78, 5) is 61.9. The van der Waals surface area contributed by atoms with E-state index in [2.05, 4.69) is 15.5 Å². The summed E-state index contributed by atoms with van der Waals surface area (Å²) in [7, 11) is 1.49. The topological polar surface area (TPSA) is 172 Å². The molecule has 2 aliphatic rings. The first-order valence-corrected chi connectivity index (χ1v) is 13.9. The van der Waals surface area contributed by atoms with E-state index in [1.165, 1.54) is 29.2 Å². The average Bonchev–Trinajstić information content (AvgIpc) is 3.23. The highest BCUT2D eigenvalue weighted by Crippen LogP contribution is 2.41. The molecule has 1 aromatic rings. The molecule has 2 atom stereocenters. The maximum Gasteiger partial charge on any atom is 0.355 e. The lowest BCUT2D eigenvalue weighted by atomic mass is 10.0. The van der Waals surface area contributed by atoms with Gasteiger partial charge in [0.15, 0.2) is 10.8 Å². The first-order chi connectivity index (χ1) is 18.1. The van der Waals surface area contributed by atoms with Gasteiger partial charge in [-0.2, -0.15) is 0 Å². The Hall–Kier alpha value is -3.17. The number of hydrogen-bond acceptors (Lipinski definition) is 13. The van der Waals surface area contributed by atoms with Crippen LogP contribution in [0.5, 0.6) is 0 Å². The van der Waals surface area contributed by atoms with Gasteiger partial charge < -0.3 is 30.1 Å². The predicted molar refractivity (Wildman–Crippen MR) is 145 cm³/mol. The lowest BCUT2D eigenvalue weighted by Crippen LogP contribution is -2.71. The second-order valence-electron chi connectivity index (χ2n) is 10.6. The summed E-state index contributed by atoms with van der Waals surface area (Å²) in [6.07, 6.45) is 0.